The summed E-state index contributed by atoms with van der Waals surface area (Å²) in [6.45, 7) is 1.98. The van der Waals surface area contributed by atoms with Crippen LogP contribution in [-0.2, 0) is 9.53 Å². The zero-order valence-corrected chi connectivity index (χ0v) is 13.5. The Labute approximate surface area is 136 Å². The molecule has 0 saturated carbocycles. The molecule has 1 aliphatic rings. The summed E-state index contributed by atoms with van der Waals surface area (Å²) in [7, 11) is 1.56. The van der Waals surface area contributed by atoms with Crippen LogP contribution in [0.25, 0.3) is 6.08 Å². The zero-order valence-electron chi connectivity index (χ0n) is 11.9. The number of aliphatic imine (C=N–C) groups is 1. The van der Waals surface area contributed by atoms with Crippen LogP contribution in [0, 0.1) is 6.92 Å². The van der Waals surface area contributed by atoms with Crippen molar-refractivity contribution in [3.05, 3.63) is 56.4 Å². The summed E-state index contributed by atoms with van der Waals surface area (Å²) in [6.07, 6.45) is 1.73. The molecule has 4 nitrogen and oxygen atoms in total. The number of hydrogen-bond acceptors (Lipinski definition) is 5. The molecule has 0 spiro atoms. The number of halogens is 1. The monoisotopic (exact) mass is 333 g/mol. The van der Waals surface area contributed by atoms with E-state index in [9.17, 15) is 4.79 Å². The van der Waals surface area contributed by atoms with Gasteiger partial charge in [0.25, 0.3) is 0 Å². The van der Waals surface area contributed by atoms with Gasteiger partial charge in [0.1, 0.15) is 5.75 Å². The van der Waals surface area contributed by atoms with Crippen LogP contribution < -0.4 is 4.74 Å². The SMILES string of the molecule is COc1ccc(C2=N/C(=C\c3sccc3C)C(=O)O2)c(Cl)c1. The maximum atomic E-state index is 12.0. The van der Waals surface area contributed by atoms with E-state index in [2.05, 4.69) is 4.99 Å². The molecule has 0 saturated heterocycles. The first-order chi connectivity index (χ1) is 10.6. The summed E-state index contributed by atoms with van der Waals surface area (Å²) >= 11 is 7.73. The Kier molecular flexibility index (Phi) is 4.00. The lowest BCUT2D eigenvalue weighted by Gasteiger charge is -2.05. The standard InChI is InChI=1S/C16H12ClNO3S/c1-9-5-6-22-14(9)8-13-16(19)21-15(18-13)11-4-3-10(20-2)7-12(11)17/h3-8H,1-2H3/b13-8-. The quantitative estimate of drug-likeness (QED) is 0.628. The van der Waals surface area contributed by atoms with Crippen molar-refractivity contribution in [2.75, 3.05) is 7.11 Å². The maximum Gasteiger partial charge on any atom is 0.363 e. The van der Waals surface area contributed by atoms with Gasteiger partial charge in [0.05, 0.1) is 17.7 Å². The Balaban J connectivity index is 1.97. The number of rotatable bonds is 3. The fraction of sp³-hybridized carbons (Fsp3) is 0.125. The fourth-order valence-corrected chi connectivity index (χ4v) is 3.08. The minimum atomic E-state index is -0.477. The van der Waals surface area contributed by atoms with E-state index >= 15 is 0 Å². The summed E-state index contributed by atoms with van der Waals surface area (Å²) in [5, 5.41) is 2.38. The molecule has 1 aromatic heterocycles. The van der Waals surface area contributed by atoms with Crippen LogP contribution in [0.4, 0.5) is 0 Å². The number of carbonyl (C=O) groups is 1. The van der Waals surface area contributed by atoms with E-state index in [0.29, 0.717) is 16.3 Å². The van der Waals surface area contributed by atoms with Crippen molar-refractivity contribution in [1.29, 1.82) is 0 Å². The first-order valence-corrected chi connectivity index (χ1v) is 7.75. The Morgan fingerprint density at radius 2 is 2.18 bits per heavy atom. The Bertz CT molecular complexity index is 807. The molecule has 0 aliphatic carbocycles. The van der Waals surface area contributed by atoms with E-state index in [1.165, 1.54) is 0 Å². The number of benzene rings is 1. The number of esters is 1. The van der Waals surface area contributed by atoms with E-state index in [1.54, 1.807) is 42.7 Å². The van der Waals surface area contributed by atoms with Crippen LogP contribution in [0.15, 0.2) is 40.3 Å². The third-order valence-electron chi connectivity index (χ3n) is 3.20. The van der Waals surface area contributed by atoms with E-state index in [-0.39, 0.29) is 11.6 Å². The second-order valence-corrected chi connectivity index (χ2v) is 6.00. The number of thiophene rings is 1. The normalized spacial score (nSPS) is 15.9. The van der Waals surface area contributed by atoms with Gasteiger partial charge in [0, 0.05) is 4.88 Å². The number of aryl methyl sites for hydroxylation is 1. The Hall–Kier alpha value is -2.11. The fourth-order valence-electron chi connectivity index (χ4n) is 1.98. The van der Waals surface area contributed by atoms with Crippen molar-refractivity contribution >= 4 is 40.9 Å². The van der Waals surface area contributed by atoms with Crippen molar-refractivity contribution in [3.8, 4) is 5.75 Å². The predicted octanol–water partition coefficient (Wildman–Crippen LogP) is 4.06. The number of cyclic esters (lactones) is 1. The molecule has 1 aromatic carbocycles. The highest BCUT2D eigenvalue weighted by atomic mass is 35.5. The molecule has 1 aliphatic heterocycles. The highest BCUT2D eigenvalue weighted by molar-refractivity contribution is 7.11. The number of hydrogen-bond donors (Lipinski definition) is 0. The molecule has 0 bridgehead atoms. The number of ether oxygens (including phenoxy) is 2. The minimum Gasteiger partial charge on any atom is -0.497 e. The van der Waals surface area contributed by atoms with Gasteiger partial charge in [0.2, 0.25) is 5.90 Å². The lowest BCUT2D eigenvalue weighted by atomic mass is 10.2. The van der Waals surface area contributed by atoms with Crippen molar-refractivity contribution in [3.63, 3.8) is 0 Å². The number of methoxy groups -OCH3 is 1. The van der Waals surface area contributed by atoms with Crippen LogP contribution in [0.5, 0.6) is 5.75 Å². The van der Waals surface area contributed by atoms with Crippen LogP contribution in [-0.4, -0.2) is 19.0 Å². The van der Waals surface area contributed by atoms with Gasteiger partial charge < -0.3 is 9.47 Å². The second kappa shape index (κ2) is 5.94. The van der Waals surface area contributed by atoms with Crippen molar-refractivity contribution in [2.24, 2.45) is 4.99 Å². The largest absolute Gasteiger partial charge is 0.497 e. The summed E-state index contributed by atoms with van der Waals surface area (Å²) in [6, 6.07) is 7.09. The molecule has 0 atom stereocenters. The highest BCUT2D eigenvalue weighted by Crippen LogP contribution is 2.28. The van der Waals surface area contributed by atoms with Gasteiger partial charge in [-0.3, -0.25) is 0 Å². The second-order valence-electron chi connectivity index (χ2n) is 4.65. The topological polar surface area (TPSA) is 47.9 Å². The first-order valence-electron chi connectivity index (χ1n) is 6.49. The van der Waals surface area contributed by atoms with Crippen molar-refractivity contribution in [1.82, 2.24) is 0 Å². The van der Waals surface area contributed by atoms with Gasteiger partial charge in [-0.2, -0.15) is 0 Å². The molecular formula is C16H12ClNO3S. The molecule has 112 valence electrons. The Morgan fingerprint density at radius 1 is 1.36 bits per heavy atom. The summed E-state index contributed by atoms with van der Waals surface area (Å²) < 4.78 is 10.3. The Morgan fingerprint density at radius 3 is 2.82 bits per heavy atom. The zero-order chi connectivity index (χ0) is 15.7. The van der Waals surface area contributed by atoms with Gasteiger partial charge in [-0.25, -0.2) is 9.79 Å². The predicted molar refractivity (Wildman–Crippen MR) is 87.7 cm³/mol. The van der Waals surface area contributed by atoms with Crippen LogP contribution in [0.2, 0.25) is 5.02 Å². The number of carbonyl (C=O) groups excluding carboxylic acids is 1. The number of nitrogens with zero attached hydrogens (tertiary/aromatic N) is 1. The first kappa shape index (κ1) is 14.8. The molecule has 22 heavy (non-hydrogen) atoms. The molecule has 0 fully saturated rings. The van der Waals surface area contributed by atoms with Gasteiger partial charge in [0.15, 0.2) is 5.70 Å². The highest BCUT2D eigenvalue weighted by Gasteiger charge is 2.26. The molecule has 2 heterocycles. The summed E-state index contributed by atoms with van der Waals surface area (Å²) in [5.74, 6) is 0.358. The third-order valence-corrected chi connectivity index (χ3v) is 4.48. The van der Waals surface area contributed by atoms with Gasteiger partial charge in [-0.05, 0) is 48.2 Å². The summed E-state index contributed by atoms with van der Waals surface area (Å²) in [4.78, 5) is 17.2. The van der Waals surface area contributed by atoms with E-state index in [4.69, 9.17) is 21.1 Å². The van der Waals surface area contributed by atoms with Gasteiger partial charge in [-0.15, -0.1) is 11.3 Å². The molecule has 3 rings (SSSR count). The molecule has 0 radical (unpaired) electrons. The van der Waals surface area contributed by atoms with E-state index in [1.807, 2.05) is 18.4 Å². The average Bonchev–Trinajstić information content (AvgIpc) is 3.06. The summed E-state index contributed by atoms with van der Waals surface area (Å²) in [5.41, 5.74) is 1.92. The van der Waals surface area contributed by atoms with Crippen LogP contribution in [0.3, 0.4) is 0 Å². The lowest BCUT2D eigenvalue weighted by Crippen LogP contribution is -2.06. The smallest absolute Gasteiger partial charge is 0.363 e. The maximum absolute atomic E-state index is 12.0. The third kappa shape index (κ3) is 2.77. The van der Waals surface area contributed by atoms with Crippen molar-refractivity contribution in [2.45, 2.75) is 6.92 Å². The molecule has 0 amide bonds. The van der Waals surface area contributed by atoms with Gasteiger partial charge >= 0.3 is 5.97 Å². The molecule has 2 aromatic rings. The van der Waals surface area contributed by atoms with Crippen LogP contribution in [0.1, 0.15) is 16.0 Å². The van der Waals surface area contributed by atoms with E-state index < -0.39 is 5.97 Å². The molecule has 0 unspecified atom stereocenters. The average molecular weight is 334 g/mol. The molecule has 6 heteroatoms. The molecule has 0 N–H and O–H groups in total. The lowest BCUT2D eigenvalue weighted by molar-refractivity contribution is -0.129. The minimum absolute atomic E-state index is 0.207. The van der Waals surface area contributed by atoms with Crippen molar-refractivity contribution < 1.29 is 14.3 Å². The van der Waals surface area contributed by atoms with Crippen LogP contribution >= 0.6 is 22.9 Å². The van der Waals surface area contributed by atoms with Gasteiger partial charge in [-0.1, -0.05) is 11.6 Å². The van der Waals surface area contributed by atoms with E-state index in [0.717, 1.165) is 10.4 Å². The molecular weight excluding hydrogens is 322 g/mol.